The van der Waals surface area contributed by atoms with Gasteiger partial charge < -0.3 is 13.9 Å². The number of hydrogen-bond acceptors (Lipinski definition) is 5. The van der Waals surface area contributed by atoms with E-state index in [4.69, 9.17) is 13.9 Å². The summed E-state index contributed by atoms with van der Waals surface area (Å²) in [5, 5.41) is 0.466. The van der Waals surface area contributed by atoms with E-state index in [9.17, 15) is 9.59 Å². The molecule has 3 aromatic carbocycles. The van der Waals surface area contributed by atoms with E-state index in [1.54, 1.807) is 12.0 Å². The molecule has 5 rings (SSSR count). The third-order valence-corrected chi connectivity index (χ3v) is 6.60. The quantitative estimate of drug-likeness (QED) is 0.365. The average Bonchev–Trinajstić information content (AvgIpc) is 3.14. The fourth-order valence-electron chi connectivity index (χ4n) is 4.64. The molecule has 178 valence electrons. The van der Waals surface area contributed by atoms with Crippen molar-refractivity contribution in [2.45, 2.75) is 33.7 Å². The zero-order valence-corrected chi connectivity index (χ0v) is 20.5. The van der Waals surface area contributed by atoms with E-state index in [2.05, 4.69) is 0 Å². The highest BCUT2D eigenvalue weighted by Crippen LogP contribution is 2.43. The Morgan fingerprint density at radius 1 is 0.914 bits per heavy atom. The number of carbonyl (C=O) groups is 1. The van der Waals surface area contributed by atoms with Crippen LogP contribution in [0.4, 0.5) is 5.69 Å². The standard InChI is InChI=1S/C29H27NO5/c1-6-34-22-12-9-19(15-24(22)33-5)26-25-27(31)21-13-17(3)18(4)14-23(21)35-28(25)29(32)30(26)20-10-7-16(2)8-11-20/h7-15,26H,6H2,1-5H3. The molecule has 2 heterocycles. The number of fused-ring (bicyclic) bond motifs is 2. The summed E-state index contributed by atoms with van der Waals surface area (Å²) in [5.41, 5.74) is 5.01. The zero-order chi connectivity index (χ0) is 24.9. The average molecular weight is 470 g/mol. The van der Waals surface area contributed by atoms with E-state index in [1.165, 1.54) is 0 Å². The van der Waals surface area contributed by atoms with Gasteiger partial charge in [-0.2, -0.15) is 0 Å². The highest BCUT2D eigenvalue weighted by atomic mass is 16.5. The number of methoxy groups -OCH3 is 1. The largest absolute Gasteiger partial charge is 0.493 e. The number of rotatable bonds is 5. The monoisotopic (exact) mass is 469 g/mol. The van der Waals surface area contributed by atoms with Crippen molar-refractivity contribution in [3.05, 3.63) is 98.4 Å². The van der Waals surface area contributed by atoms with Gasteiger partial charge in [-0.15, -0.1) is 0 Å². The predicted octanol–water partition coefficient (Wildman–Crippen LogP) is 5.88. The van der Waals surface area contributed by atoms with Gasteiger partial charge in [0.15, 0.2) is 16.9 Å². The van der Waals surface area contributed by atoms with Crippen LogP contribution in [0, 0.1) is 20.8 Å². The molecular weight excluding hydrogens is 442 g/mol. The SMILES string of the molecule is CCOc1ccc(C2c3c(oc4cc(C)c(C)cc4c3=O)C(=O)N2c2ccc(C)cc2)cc1OC. The molecule has 0 saturated carbocycles. The first-order chi connectivity index (χ1) is 16.8. The van der Waals surface area contributed by atoms with Crippen LogP contribution < -0.4 is 19.8 Å². The van der Waals surface area contributed by atoms with E-state index in [0.29, 0.717) is 40.3 Å². The molecule has 1 aromatic heterocycles. The molecule has 1 unspecified atom stereocenters. The van der Waals surface area contributed by atoms with Crippen LogP contribution in [0.15, 0.2) is 63.8 Å². The summed E-state index contributed by atoms with van der Waals surface area (Å²) < 4.78 is 17.4. The summed E-state index contributed by atoms with van der Waals surface area (Å²) in [6.07, 6.45) is 0. The maximum absolute atomic E-state index is 13.9. The normalized spacial score (nSPS) is 14.9. The van der Waals surface area contributed by atoms with Crippen molar-refractivity contribution in [1.82, 2.24) is 0 Å². The number of hydrogen-bond donors (Lipinski definition) is 0. The van der Waals surface area contributed by atoms with Crippen LogP contribution in [0.2, 0.25) is 0 Å². The second-order valence-corrected chi connectivity index (χ2v) is 8.86. The molecule has 1 amide bonds. The van der Waals surface area contributed by atoms with Gasteiger partial charge >= 0.3 is 0 Å². The second kappa shape index (κ2) is 8.62. The van der Waals surface area contributed by atoms with E-state index >= 15 is 0 Å². The number of benzene rings is 3. The minimum atomic E-state index is -0.674. The van der Waals surface area contributed by atoms with Crippen LogP contribution in [0.25, 0.3) is 11.0 Å². The van der Waals surface area contributed by atoms with Gasteiger partial charge in [-0.3, -0.25) is 14.5 Å². The fraction of sp³-hybridized carbons (Fsp3) is 0.241. The molecule has 0 saturated heterocycles. The van der Waals surface area contributed by atoms with Gasteiger partial charge in [-0.25, -0.2) is 0 Å². The predicted molar refractivity (Wildman–Crippen MR) is 136 cm³/mol. The molecule has 0 fully saturated rings. The molecule has 0 bridgehead atoms. The molecule has 1 aliphatic rings. The van der Waals surface area contributed by atoms with E-state index < -0.39 is 6.04 Å². The van der Waals surface area contributed by atoms with Crippen molar-refractivity contribution in [1.29, 1.82) is 0 Å². The summed E-state index contributed by atoms with van der Waals surface area (Å²) in [4.78, 5) is 29.3. The Morgan fingerprint density at radius 2 is 1.63 bits per heavy atom. The Labute approximate surface area is 203 Å². The first kappa shape index (κ1) is 22.7. The van der Waals surface area contributed by atoms with E-state index in [-0.39, 0.29) is 17.1 Å². The van der Waals surface area contributed by atoms with Crippen molar-refractivity contribution in [3.8, 4) is 11.5 Å². The molecule has 1 aliphatic heterocycles. The Balaban J connectivity index is 1.79. The highest BCUT2D eigenvalue weighted by molar-refractivity contribution is 6.10. The fourth-order valence-corrected chi connectivity index (χ4v) is 4.64. The van der Waals surface area contributed by atoms with Gasteiger partial charge in [0, 0.05) is 5.69 Å². The summed E-state index contributed by atoms with van der Waals surface area (Å²) in [5.74, 6) is 0.857. The summed E-state index contributed by atoms with van der Waals surface area (Å²) >= 11 is 0. The van der Waals surface area contributed by atoms with Crippen molar-refractivity contribution in [2.24, 2.45) is 0 Å². The van der Waals surface area contributed by atoms with Crippen LogP contribution in [0.5, 0.6) is 11.5 Å². The lowest BCUT2D eigenvalue weighted by Crippen LogP contribution is -2.29. The van der Waals surface area contributed by atoms with Gasteiger partial charge in [0.05, 0.1) is 30.7 Å². The Bertz CT molecular complexity index is 1520. The van der Waals surface area contributed by atoms with Crippen molar-refractivity contribution in [3.63, 3.8) is 0 Å². The maximum atomic E-state index is 13.9. The number of anilines is 1. The van der Waals surface area contributed by atoms with Crippen LogP contribution in [-0.2, 0) is 0 Å². The lowest BCUT2D eigenvalue weighted by molar-refractivity contribution is 0.0971. The van der Waals surface area contributed by atoms with Gasteiger partial charge in [-0.1, -0.05) is 23.8 Å². The van der Waals surface area contributed by atoms with Crippen LogP contribution in [0.3, 0.4) is 0 Å². The number of amides is 1. The zero-order valence-electron chi connectivity index (χ0n) is 20.5. The molecule has 4 aromatic rings. The van der Waals surface area contributed by atoms with Gasteiger partial charge in [-0.05, 0) is 80.8 Å². The van der Waals surface area contributed by atoms with Crippen LogP contribution in [0.1, 0.15) is 51.3 Å². The Morgan fingerprint density at radius 3 is 2.31 bits per heavy atom. The van der Waals surface area contributed by atoms with Gasteiger partial charge in [0.2, 0.25) is 5.76 Å². The van der Waals surface area contributed by atoms with Crippen molar-refractivity contribution in [2.75, 3.05) is 18.6 Å². The Hall–Kier alpha value is -4.06. The minimum absolute atomic E-state index is 0.0733. The van der Waals surface area contributed by atoms with Crippen LogP contribution in [-0.4, -0.2) is 19.6 Å². The molecule has 0 spiro atoms. The minimum Gasteiger partial charge on any atom is -0.493 e. The number of carbonyl (C=O) groups excluding carboxylic acids is 1. The summed E-state index contributed by atoms with van der Waals surface area (Å²) in [7, 11) is 1.57. The topological polar surface area (TPSA) is 69.0 Å². The van der Waals surface area contributed by atoms with Crippen molar-refractivity contribution >= 4 is 22.6 Å². The molecule has 0 N–H and O–H groups in total. The number of ether oxygens (including phenoxy) is 2. The molecule has 35 heavy (non-hydrogen) atoms. The number of aryl methyl sites for hydroxylation is 3. The van der Waals surface area contributed by atoms with E-state index in [1.807, 2.05) is 82.3 Å². The maximum Gasteiger partial charge on any atom is 0.295 e. The lowest BCUT2D eigenvalue weighted by Gasteiger charge is -2.26. The van der Waals surface area contributed by atoms with Gasteiger partial charge in [0.1, 0.15) is 5.58 Å². The first-order valence-electron chi connectivity index (χ1n) is 11.6. The highest BCUT2D eigenvalue weighted by Gasteiger charge is 2.44. The summed E-state index contributed by atoms with van der Waals surface area (Å²) in [6, 6.07) is 16.1. The first-order valence-corrected chi connectivity index (χ1v) is 11.6. The van der Waals surface area contributed by atoms with Gasteiger partial charge in [0.25, 0.3) is 5.91 Å². The second-order valence-electron chi connectivity index (χ2n) is 8.86. The van der Waals surface area contributed by atoms with Crippen LogP contribution >= 0.6 is 0 Å². The Kier molecular flexibility index (Phi) is 5.59. The summed E-state index contributed by atoms with van der Waals surface area (Å²) in [6.45, 7) is 8.29. The molecule has 6 heteroatoms. The molecule has 0 aliphatic carbocycles. The third kappa shape index (κ3) is 3.66. The lowest BCUT2D eigenvalue weighted by atomic mass is 9.97. The molecular formula is C29H27NO5. The number of nitrogens with zero attached hydrogens (tertiary/aromatic N) is 1. The molecule has 1 atom stereocenters. The smallest absolute Gasteiger partial charge is 0.295 e. The van der Waals surface area contributed by atoms with E-state index in [0.717, 1.165) is 22.3 Å². The molecule has 6 nitrogen and oxygen atoms in total. The third-order valence-electron chi connectivity index (χ3n) is 6.60. The van der Waals surface area contributed by atoms with Crippen molar-refractivity contribution < 1.29 is 18.7 Å². The molecule has 0 radical (unpaired) electrons.